The molecule has 35 fully saturated rings. The second-order valence-corrected chi connectivity index (χ2v) is 54.2. The van der Waals surface area contributed by atoms with E-state index < -0.39 is 0 Å². The second kappa shape index (κ2) is 59.6. The highest BCUT2D eigenvalue weighted by Gasteiger charge is 2.38. The van der Waals surface area contributed by atoms with Crippen molar-refractivity contribution in [2.24, 2.45) is 166 Å². The van der Waals surface area contributed by atoms with Gasteiger partial charge in [0, 0.05) is 0 Å². The van der Waals surface area contributed by atoms with Crippen molar-refractivity contribution in [3.8, 4) is 0 Å². The van der Waals surface area contributed by atoms with E-state index in [2.05, 4.69) is 0 Å². The van der Waals surface area contributed by atoms with Gasteiger partial charge in [-0.05, 0) is 217 Å². The molecular weight excluding hydrogens is 1540 g/mol. The highest BCUT2D eigenvalue weighted by molar-refractivity contribution is 4.90. The van der Waals surface area contributed by atoms with Gasteiger partial charge in [-0.15, -0.1) is 0 Å². The fourth-order valence-corrected chi connectivity index (χ4v) is 35.7. The van der Waals surface area contributed by atoms with Crippen LogP contribution >= 0.6 is 0 Å². The van der Waals surface area contributed by atoms with Crippen LogP contribution in [0.4, 0.5) is 0 Å². The van der Waals surface area contributed by atoms with Crippen LogP contribution in [-0.4, -0.2) is 0 Å². The Morgan fingerprint density at radius 1 is 0.0469 bits per heavy atom. The van der Waals surface area contributed by atoms with E-state index in [9.17, 15) is 0 Å². The summed E-state index contributed by atoms with van der Waals surface area (Å²) in [5.74, 6) is 32.1. The zero-order valence-electron chi connectivity index (χ0n) is 86.9. The van der Waals surface area contributed by atoms with Gasteiger partial charge in [-0.25, -0.2) is 0 Å². The largest absolute Gasteiger partial charge is 0.0530 e. The number of hydrogen-bond donors (Lipinski definition) is 0. The molecule has 35 aliphatic carbocycles. The lowest BCUT2D eigenvalue weighted by atomic mass is 9.65. The lowest BCUT2D eigenvalue weighted by Crippen LogP contribution is -2.28. The molecule has 28 bridgehead atoms. The summed E-state index contributed by atoms with van der Waals surface area (Å²) in [6.07, 6.45) is 155. The molecule has 128 heavy (non-hydrogen) atoms. The summed E-state index contributed by atoms with van der Waals surface area (Å²) in [5, 5.41) is 0. The van der Waals surface area contributed by atoms with Crippen molar-refractivity contribution in [2.45, 2.75) is 642 Å². The lowest BCUT2D eigenvalue weighted by Gasteiger charge is -2.40. The number of fused-ring (bicyclic) bond motifs is 45. The van der Waals surface area contributed by atoms with Crippen LogP contribution < -0.4 is 0 Å². The normalized spacial score (nSPS) is 42.4. The second-order valence-electron chi connectivity index (χ2n) is 54.2. The van der Waals surface area contributed by atoms with E-state index in [1.807, 2.05) is 0 Å². The average Bonchev–Trinajstić information content (AvgIpc) is 1.33. The molecule has 740 valence electrons. The van der Waals surface area contributed by atoms with Gasteiger partial charge in [0.2, 0.25) is 0 Å². The highest BCUT2D eigenvalue weighted by atomic mass is 14.4. The minimum Gasteiger partial charge on any atom is -0.0530 e. The van der Waals surface area contributed by atoms with E-state index in [1.54, 1.807) is 488 Å². The Bertz CT molecular complexity index is 2380. The summed E-state index contributed by atoms with van der Waals surface area (Å²) in [6.45, 7) is 0. The van der Waals surface area contributed by atoms with E-state index in [4.69, 9.17) is 0 Å². The fraction of sp³-hybridized carbons (Fsp3) is 1.00. The highest BCUT2D eigenvalue weighted by Crippen LogP contribution is 2.51. The van der Waals surface area contributed by atoms with Gasteiger partial charge in [-0.3, -0.25) is 0 Å². The number of hydrogen-bond acceptors (Lipinski definition) is 0. The first kappa shape index (κ1) is 102. The van der Waals surface area contributed by atoms with Crippen molar-refractivity contribution >= 4 is 0 Å². The molecule has 35 saturated carbocycles. The molecule has 0 heteroatoms. The first-order valence-corrected chi connectivity index (χ1v) is 63.3. The maximum atomic E-state index is 1.58. The van der Waals surface area contributed by atoms with Crippen molar-refractivity contribution in [2.75, 3.05) is 0 Å². The van der Waals surface area contributed by atoms with Gasteiger partial charge in [0.05, 0.1) is 0 Å². The molecule has 0 aromatic heterocycles. The van der Waals surface area contributed by atoms with E-state index in [1.165, 1.54) is 190 Å². The van der Waals surface area contributed by atoms with E-state index in [0.29, 0.717) is 0 Å². The van der Waals surface area contributed by atoms with Crippen LogP contribution in [0.1, 0.15) is 642 Å². The summed E-state index contributed by atoms with van der Waals surface area (Å²) >= 11 is 0. The monoisotopic (exact) mass is 1770 g/mol. The summed E-state index contributed by atoms with van der Waals surface area (Å²) in [6, 6.07) is 0. The molecule has 0 nitrogen and oxygen atoms in total. The maximum absolute atomic E-state index is 1.58. The molecule has 0 saturated heterocycles. The van der Waals surface area contributed by atoms with Crippen LogP contribution in [0.25, 0.3) is 0 Å². The maximum Gasteiger partial charge on any atom is -0.0409 e. The summed E-state index contributed by atoms with van der Waals surface area (Å²) in [5.41, 5.74) is 0. The van der Waals surface area contributed by atoms with E-state index in [-0.39, 0.29) is 0 Å². The van der Waals surface area contributed by atoms with Crippen LogP contribution in [0.5, 0.6) is 0 Å². The molecule has 35 aliphatic rings. The van der Waals surface area contributed by atoms with Crippen molar-refractivity contribution in [1.82, 2.24) is 0 Å². The lowest BCUT2D eigenvalue weighted by molar-refractivity contribution is 0.116. The van der Waals surface area contributed by atoms with Crippen LogP contribution in [0.2, 0.25) is 0 Å². The third-order valence-corrected chi connectivity index (χ3v) is 44.6. The topological polar surface area (TPSA) is 0 Å². The van der Waals surface area contributed by atoms with Gasteiger partial charge < -0.3 is 0 Å². The van der Waals surface area contributed by atoms with Crippen LogP contribution in [0, 0.1) is 166 Å². The van der Waals surface area contributed by atoms with Crippen molar-refractivity contribution < 1.29 is 0 Å². The van der Waals surface area contributed by atoms with E-state index in [0.717, 1.165) is 130 Å². The quantitative estimate of drug-likeness (QED) is 0.227. The molecule has 0 heterocycles. The zero-order valence-corrected chi connectivity index (χ0v) is 86.9. The Hall–Kier alpha value is 0. The molecule has 0 aliphatic heterocycles. The Balaban J connectivity index is 0.000000106. The van der Waals surface area contributed by atoms with Crippen LogP contribution in [0.3, 0.4) is 0 Å². The van der Waals surface area contributed by atoms with Gasteiger partial charge in [0.15, 0.2) is 0 Å². The van der Waals surface area contributed by atoms with Crippen LogP contribution in [0.15, 0.2) is 0 Å². The SMILES string of the molecule is C1CC2CC(C1)C2.C1CC2CC1C2.C1CC2CCC(C1)C2.C1CC2CCC(C1)CC2.C1CC2CCC1C2.C1CC2CCC1CC2.C1CC2CCCC(C1)C2.C1CC2CCCC(C1)CC2.C1CC2CCCC(C1)CCC2.C1CCC2CCC(C1)C2.C1CCC2CCC(C1)CC2.C1CCC2CCCC(C1)CC2.C1CCC2CCCC(C1)CC2.C1CCC2CCCC(C1)CCC2. The summed E-state index contributed by atoms with van der Waals surface area (Å²) in [4.78, 5) is 0. The van der Waals surface area contributed by atoms with Crippen molar-refractivity contribution in [3.05, 3.63) is 0 Å². The minimum atomic E-state index is 1.11. The van der Waals surface area contributed by atoms with Gasteiger partial charge >= 0.3 is 0 Å². The molecule has 0 aromatic carbocycles. The fourth-order valence-electron chi connectivity index (χ4n) is 35.7. The molecule has 0 radical (unpaired) electrons. The molecule has 0 amide bonds. The smallest absolute Gasteiger partial charge is 0.0409 e. The van der Waals surface area contributed by atoms with Gasteiger partial charge in [0.25, 0.3) is 0 Å². The standard InChI is InChI=1S/C12H22.3C11H20.2C10H18.3C9H16.2C8H14.2C7H12.C6H10/c1-2-6-12-9-3-7-11(5-1)8-4-10-12;1-4-10-6-2-7-11(5-1)9-3-8-10;2*1-2-5-11-7-3-6-10(4-1)8-9-11;1-3-9-5-2-6-10(4-1)8-7-9;1-2-4-10-7-5-9(3-1)6-8-10;1-3-8-5-2-6-9(4-1)7-8;1-2-8-4-6-9(3-1)7-5-8;1-2-4-9-6-5-8(3-1)7-9;1-2-8-5-3-7(1)4-6-8;1-2-7-4-5-8(3-1)6-7;1-2-7-4-3-6(1)5-7;1-2-6-4-7(3-1)5-6;1-2-6-3-5(1)4-6/h11-12H,1-10H2;3*10-11H,1-9H2;2*9-10H,1-8H2;3*8-9H,1-7H2;2*7-8H,1-6H2;2*6-7H,1-5H2;5-6H,1-4H2. The van der Waals surface area contributed by atoms with Crippen molar-refractivity contribution in [3.63, 3.8) is 0 Å². The van der Waals surface area contributed by atoms with Gasteiger partial charge in [0.1, 0.15) is 0 Å². The molecule has 0 aromatic rings. The molecule has 8 unspecified atom stereocenters. The van der Waals surface area contributed by atoms with Crippen molar-refractivity contribution in [1.29, 1.82) is 0 Å². The molecule has 35 rings (SSSR count). The Labute approximate surface area is 802 Å². The predicted octanol–water partition coefficient (Wildman–Crippen LogP) is 42.5. The summed E-state index contributed by atoms with van der Waals surface area (Å²) in [7, 11) is 0. The number of rotatable bonds is 0. The Morgan fingerprint density at radius 2 is 0.109 bits per heavy atom. The first-order valence-electron chi connectivity index (χ1n) is 63.3. The van der Waals surface area contributed by atoms with Gasteiger partial charge in [-0.2, -0.15) is 0 Å². The van der Waals surface area contributed by atoms with Crippen LogP contribution in [-0.2, 0) is 0 Å². The van der Waals surface area contributed by atoms with E-state index >= 15 is 0 Å². The minimum absolute atomic E-state index is 1.11. The Kier molecular flexibility index (Phi) is 47.6. The molecule has 0 N–H and O–H groups in total. The third-order valence-electron chi connectivity index (χ3n) is 44.6. The average molecular weight is 1770 g/mol. The molecule has 8 atom stereocenters. The summed E-state index contributed by atoms with van der Waals surface area (Å²) < 4.78 is 0. The van der Waals surface area contributed by atoms with Gasteiger partial charge in [-0.1, -0.05) is 591 Å². The zero-order chi connectivity index (χ0) is 86.9. The predicted molar refractivity (Wildman–Crippen MR) is 559 cm³/mol. The molecule has 0 spiro atoms. The first-order chi connectivity index (χ1) is 63.3. The Morgan fingerprint density at radius 3 is 0.234 bits per heavy atom. The third kappa shape index (κ3) is 38.5. The molecular formula is C128H228.